The van der Waals surface area contributed by atoms with Gasteiger partial charge in [0.1, 0.15) is 0 Å². The third-order valence-electron chi connectivity index (χ3n) is 3.92. The molecule has 0 saturated carbocycles. The standard InChI is InChI=1S/C16H34O3P/c1-5-9-11-15(7-3)13-18-20(17)19-14-16(8-4)12-10-6-2/h15-16H,5-14H2,1-4H3/q-1. The number of unbranched alkanes of at least 4 members (excludes halogenated alkanes) is 2. The van der Waals surface area contributed by atoms with Gasteiger partial charge in [-0.05, 0) is 24.7 Å². The molecule has 3 nitrogen and oxygen atoms in total. The maximum atomic E-state index is 11.7. The molecule has 122 valence electrons. The van der Waals surface area contributed by atoms with Crippen molar-refractivity contribution >= 4 is 8.60 Å². The van der Waals surface area contributed by atoms with Crippen molar-refractivity contribution in [3.05, 3.63) is 0 Å². The highest BCUT2D eigenvalue weighted by Crippen LogP contribution is 2.31. The molecule has 2 atom stereocenters. The van der Waals surface area contributed by atoms with Gasteiger partial charge in [-0.3, -0.25) is 0 Å². The lowest BCUT2D eigenvalue weighted by Gasteiger charge is -2.27. The average Bonchev–Trinajstić information content (AvgIpc) is 2.47. The summed E-state index contributed by atoms with van der Waals surface area (Å²) in [4.78, 5) is 11.7. The summed E-state index contributed by atoms with van der Waals surface area (Å²) in [6, 6.07) is 0. The van der Waals surface area contributed by atoms with Crippen molar-refractivity contribution < 1.29 is 13.9 Å². The van der Waals surface area contributed by atoms with Crippen molar-refractivity contribution in [3.63, 3.8) is 0 Å². The molecule has 0 aromatic rings. The Morgan fingerprint density at radius 2 is 1.20 bits per heavy atom. The lowest BCUT2D eigenvalue weighted by atomic mass is 10.0. The Balaban J connectivity index is 3.76. The minimum Gasteiger partial charge on any atom is -0.786 e. The van der Waals surface area contributed by atoms with Crippen molar-refractivity contribution in [2.24, 2.45) is 11.8 Å². The molecule has 0 saturated heterocycles. The van der Waals surface area contributed by atoms with E-state index in [0.717, 1.165) is 25.7 Å². The summed E-state index contributed by atoms with van der Waals surface area (Å²) in [5.74, 6) is 1.03. The number of hydrogen-bond donors (Lipinski definition) is 0. The summed E-state index contributed by atoms with van der Waals surface area (Å²) < 4.78 is 10.8. The molecule has 2 unspecified atom stereocenters. The highest BCUT2D eigenvalue weighted by atomic mass is 31.2. The van der Waals surface area contributed by atoms with Crippen LogP contribution in [0.1, 0.15) is 79.1 Å². The van der Waals surface area contributed by atoms with Crippen LogP contribution in [0.2, 0.25) is 0 Å². The second-order valence-electron chi connectivity index (χ2n) is 5.65. The zero-order chi connectivity index (χ0) is 15.2. The fourth-order valence-corrected chi connectivity index (χ4v) is 2.91. The van der Waals surface area contributed by atoms with Crippen LogP contribution in [-0.2, 0) is 9.05 Å². The summed E-state index contributed by atoms with van der Waals surface area (Å²) in [7, 11) is -1.94. The maximum absolute atomic E-state index is 11.7. The van der Waals surface area contributed by atoms with Gasteiger partial charge >= 0.3 is 0 Å². The van der Waals surface area contributed by atoms with Gasteiger partial charge in [-0.15, -0.1) is 0 Å². The first-order chi connectivity index (χ1) is 9.67. The minimum atomic E-state index is -1.94. The lowest BCUT2D eigenvalue weighted by Crippen LogP contribution is -2.14. The van der Waals surface area contributed by atoms with E-state index in [-0.39, 0.29) is 0 Å². The molecule has 0 amide bonds. The van der Waals surface area contributed by atoms with E-state index in [4.69, 9.17) is 9.05 Å². The van der Waals surface area contributed by atoms with E-state index in [1.807, 2.05) is 0 Å². The molecule has 20 heavy (non-hydrogen) atoms. The van der Waals surface area contributed by atoms with Crippen LogP contribution in [0.5, 0.6) is 0 Å². The van der Waals surface area contributed by atoms with E-state index >= 15 is 0 Å². The van der Waals surface area contributed by atoms with Crippen LogP contribution in [0.15, 0.2) is 0 Å². The van der Waals surface area contributed by atoms with E-state index in [1.54, 1.807) is 0 Å². The third-order valence-corrected chi connectivity index (χ3v) is 4.64. The molecule has 0 aliphatic rings. The van der Waals surface area contributed by atoms with E-state index in [0.29, 0.717) is 25.0 Å². The molecule has 0 aliphatic carbocycles. The topological polar surface area (TPSA) is 41.5 Å². The normalized spacial score (nSPS) is 16.1. The quantitative estimate of drug-likeness (QED) is 0.422. The molecule has 0 aliphatic heterocycles. The van der Waals surface area contributed by atoms with Crippen molar-refractivity contribution in [3.8, 4) is 0 Å². The Hall–Kier alpha value is 0.310. The fraction of sp³-hybridized carbons (Fsp3) is 1.00. The predicted molar refractivity (Wildman–Crippen MR) is 85.4 cm³/mol. The van der Waals surface area contributed by atoms with Gasteiger partial charge in [0.2, 0.25) is 0 Å². The Kier molecular flexibility index (Phi) is 14.5. The fourth-order valence-electron chi connectivity index (χ4n) is 2.17. The van der Waals surface area contributed by atoms with Crippen molar-refractivity contribution in [2.45, 2.75) is 79.1 Å². The van der Waals surface area contributed by atoms with Crippen LogP contribution in [0.3, 0.4) is 0 Å². The van der Waals surface area contributed by atoms with Gasteiger partial charge in [0.05, 0.1) is 21.8 Å². The van der Waals surface area contributed by atoms with Crippen LogP contribution < -0.4 is 4.89 Å². The van der Waals surface area contributed by atoms with E-state index in [2.05, 4.69) is 27.7 Å². The van der Waals surface area contributed by atoms with Crippen LogP contribution in [0.4, 0.5) is 0 Å². The first-order valence-electron chi connectivity index (χ1n) is 8.40. The molecule has 0 radical (unpaired) electrons. The molecule has 0 bridgehead atoms. The summed E-state index contributed by atoms with van der Waals surface area (Å²) in [5.41, 5.74) is 0. The van der Waals surface area contributed by atoms with Crippen LogP contribution >= 0.6 is 8.60 Å². The second kappa shape index (κ2) is 14.3. The molecule has 4 heteroatoms. The highest BCUT2D eigenvalue weighted by molar-refractivity contribution is 7.39. The first kappa shape index (κ1) is 20.3. The Labute approximate surface area is 127 Å². The van der Waals surface area contributed by atoms with E-state index < -0.39 is 8.60 Å². The Bertz CT molecular complexity index is 182. The van der Waals surface area contributed by atoms with Crippen LogP contribution in [0.25, 0.3) is 0 Å². The molecular formula is C16H34O3P-. The zero-order valence-corrected chi connectivity index (χ0v) is 14.8. The monoisotopic (exact) mass is 305 g/mol. The smallest absolute Gasteiger partial charge is 0.0828 e. The second-order valence-corrected chi connectivity index (χ2v) is 6.61. The summed E-state index contributed by atoms with van der Waals surface area (Å²) in [6.45, 7) is 9.84. The summed E-state index contributed by atoms with van der Waals surface area (Å²) in [6.07, 6.45) is 9.31. The van der Waals surface area contributed by atoms with Gasteiger partial charge in [-0.1, -0.05) is 66.2 Å². The Morgan fingerprint density at radius 1 is 0.800 bits per heavy atom. The predicted octanol–water partition coefficient (Wildman–Crippen LogP) is 5.04. The van der Waals surface area contributed by atoms with E-state index in [9.17, 15) is 4.89 Å². The molecule has 0 heterocycles. The van der Waals surface area contributed by atoms with Gasteiger partial charge in [0, 0.05) is 0 Å². The van der Waals surface area contributed by atoms with Gasteiger partial charge in [-0.2, -0.15) is 0 Å². The summed E-state index contributed by atoms with van der Waals surface area (Å²) in [5, 5.41) is 0. The molecule has 0 aromatic carbocycles. The zero-order valence-electron chi connectivity index (χ0n) is 13.9. The highest BCUT2D eigenvalue weighted by Gasteiger charge is 2.10. The van der Waals surface area contributed by atoms with Crippen molar-refractivity contribution in [2.75, 3.05) is 13.2 Å². The van der Waals surface area contributed by atoms with Crippen molar-refractivity contribution in [1.82, 2.24) is 0 Å². The average molecular weight is 305 g/mol. The number of rotatable bonds is 14. The molecule has 0 N–H and O–H groups in total. The molecule has 0 aromatic heterocycles. The van der Waals surface area contributed by atoms with Crippen molar-refractivity contribution in [1.29, 1.82) is 0 Å². The van der Waals surface area contributed by atoms with Crippen LogP contribution in [0, 0.1) is 11.8 Å². The molecular weight excluding hydrogens is 271 g/mol. The SMILES string of the molecule is CCCCC(CC)COP([O-])OCC(CC)CCCC. The van der Waals surface area contributed by atoms with Gasteiger partial charge in [0.15, 0.2) is 0 Å². The molecule has 0 fully saturated rings. The molecule has 0 spiro atoms. The van der Waals surface area contributed by atoms with Gasteiger partial charge in [-0.25, -0.2) is 0 Å². The van der Waals surface area contributed by atoms with E-state index in [1.165, 1.54) is 25.7 Å². The lowest BCUT2D eigenvalue weighted by molar-refractivity contribution is -0.206. The molecule has 0 rings (SSSR count). The van der Waals surface area contributed by atoms with Gasteiger partial charge < -0.3 is 13.9 Å². The largest absolute Gasteiger partial charge is 0.786 e. The van der Waals surface area contributed by atoms with Gasteiger partial charge in [0.25, 0.3) is 0 Å². The minimum absolute atomic E-state index is 0.513. The maximum Gasteiger partial charge on any atom is 0.0828 e. The van der Waals surface area contributed by atoms with Crippen LogP contribution in [-0.4, -0.2) is 13.2 Å². The Morgan fingerprint density at radius 3 is 1.50 bits per heavy atom. The third kappa shape index (κ3) is 11.0. The number of hydrogen-bond acceptors (Lipinski definition) is 3. The first-order valence-corrected chi connectivity index (χ1v) is 9.50. The summed E-state index contributed by atoms with van der Waals surface area (Å²) >= 11 is 0.